The van der Waals surface area contributed by atoms with Gasteiger partial charge in [-0.1, -0.05) is 25.1 Å². The second kappa shape index (κ2) is 7.84. The van der Waals surface area contributed by atoms with Crippen LogP contribution in [-0.4, -0.2) is 43.7 Å². The third-order valence-electron chi connectivity index (χ3n) is 5.04. The molecule has 0 aliphatic carbocycles. The molecule has 8 heteroatoms. The van der Waals surface area contributed by atoms with E-state index in [4.69, 9.17) is 15.8 Å². The number of aliphatic carboxylic acids is 1. The van der Waals surface area contributed by atoms with Crippen molar-refractivity contribution >= 4 is 28.3 Å². The molecule has 29 heavy (non-hydrogen) atoms. The molecule has 0 spiro atoms. The van der Waals surface area contributed by atoms with Gasteiger partial charge >= 0.3 is 5.97 Å². The number of carbonyl (C=O) groups is 1. The maximum atomic E-state index is 10.8. The molecular formula is C21H22N6O2. The van der Waals surface area contributed by atoms with E-state index in [-0.39, 0.29) is 12.5 Å². The number of nitrogen functional groups attached to an aromatic ring is 1. The zero-order valence-electron chi connectivity index (χ0n) is 16.0. The zero-order chi connectivity index (χ0) is 20.4. The molecule has 0 aliphatic heterocycles. The van der Waals surface area contributed by atoms with E-state index >= 15 is 0 Å². The number of rotatable bonds is 7. The van der Waals surface area contributed by atoms with Crippen LogP contribution in [0.4, 0.5) is 5.82 Å². The lowest BCUT2D eigenvalue weighted by atomic mass is 10.0. The number of anilines is 1. The van der Waals surface area contributed by atoms with Gasteiger partial charge in [0, 0.05) is 35.7 Å². The quantitative estimate of drug-likeness (QED) is 0.444. The van der Waals surface area contributed by atoms with Crippen LogP contribution in [0.1, 0.15) is 25.0 Å². The number of carboxylic acids is 1. The first kappa shape index (κ1) is 18.8. The molecule has 148 valence electrons. The highest BCUT2D eigenvalue weighted by Crippen LogP contribution is 2.31. The van der Waals surface area contributed by atoms with Crippen LogP contribution in [0.3, 0.4) is 0 Å². The van der Waals surface area contributed by atoms with Crippen molar-refractivity contribution < 1.29 is 9.90 Å². The van der Waals surface area contributed by atoms with Crippen LogP contribution in [0.15, 0.2) is 48.8 Å². The van der Waals surface area contributed by atoms with Crippen LogP contribution < -0.4 is 11.1 Å². The third-order valence-corrected chi connectivity index (χ3v) is 5.04. The van der Waals surface area contributed by atoms with Gasteiger partial charge in [-0.15, -0.1) is 0 Å². The Bertz CT molecular complexity index is 1180. The van der Waals surface area contributed by atoms with Crippen molar-refractivity contribution in [3.8, 4) is 11.1 Å². The number of para-hydroxylation sites is 1. The lowest BCUT2D eigenvalue weighted by Gasteiger charge is -2.16. The summed E-state index contributed by atoms with van der Waals surface area (Å²) in [5.74, 6) is -0.352. The van der Waals surface area contributed by atoms with Crippen LogP contribution in [0.25, 0.3) is 27.7 Å². The summed E-state index contributed by atoms with van der Waals surface area (Å²) in [6.07, 6.45) is 4.35. The third kappa shape index (κ3) is 3.62. The van der Waals surface area contributed by atoms with Crippen LogP contribution in [0, 0.1) is 0 Å². The van der Waals surface area contributed by atoms with Gasteiger partial charge in [-0.05, 0) is 24.1 Å². The second-order valence-corrected chi connectivity index (χ2v) is 6.90. The SMILES string of the molecule is CCC(CNCC(=O)O)c1cc(N)n2ncc(-c3ccnc4ccccc34)c2n1. The molecule has 3 aromatic heterocycles. The zero-order valence-corrected chi connectivity index (χ0v) is 16.0. The minimum absolute atomic E-state index is 0.0404. The maximum Gasteiger partial charge on any atom is 0.317 e. The average molecular weight is 390 g/mol. The predicted molar refractivity (Wildman–Crippen MR) is 112 cm³/mol. The van der Waals surface area contributed by atoms with Gasteiger partial charge in [-0.2, -0.15) is 9.61 Å². The number of aromatic nitrogens is 4. The molecule has 4 rings (SSSR count). The number of hydrogen-bond acceptors (Lipinski definition) is 6. The topological polar surface area (TPSA) is 118 Å². The van der Waals surface area contributed by atoms with E-state index < -0.39 is 5.97 Å². The minimum Gasteiger partial charge on any atom is -0.480 e. The van der Waals surface area contributed by atoms with Gasteiger partial charge in [0.1, 0.15) is 5.82 Å². The highest BCUT2D eigenvalue weighted by molar-refractivity contribution is 5.97. The van der Waals surface area contributed by atoms with Gasteiger partial charge in [0.25, 0.3) is 0 Å². The lowest BCUT2D eigenvalue weighted by molar-refractivity contribution is -0.135. The number of pyridine rings is 1. The number of nitrogens with one attached hydrogen (secondary N) is 1. The Kier molecular flexibility index (Phi) is 5.09. The molecule has 0 radical (unpaired) electrons. The van der Waals surface area contributed by atoms with Crippen molar-refractivity contribution in [2.75, 3.05) is 18.8 Å². The Morgan fingerprint density at radius 2 is 2.10 bits per heavy atom. The fraction of sp³-hybridized carbons (Fsp3) is 0.238. The van der Waals surface area contributed by atoms with E-state index in [1.807, 2.05) is 43.3 Å². The van der Waals surface area contributed by atoms with Crippen LogP contribution in [-0.2, 0) is 4.79 Å². The molecule has 0 saturated heterocycles. The van der Waals surface area contributed by atoms with Gasteiger partial charge in [-0.25, -0.2) is 4.98 Å². The summed E-state index contributed by atoms with van der Waals surface area (Å²) in [5, 5.41) is 17.3. The van der Waals surface area contributed by atoms with Gasteiger partial charge in [-0.3, -0.25) is 9.78 Å². The molecule has 4 aromatic rings. The lowest BCUT2D eigenvalue weighted by Crippen LogP contribution is -2.27. The van der Waals surface area contributed by atoms with Crippen molar-refractivity contribution in [3.05, 3.63) is 54.5 Å². The van der Waals surface area contributed by atoms with Crippen molar-refractivity contribution in [1.29, 1.82) is 0 Å². The van der Waals surface area contributed by atoms with Gasteiger partial charge < -0.3 is 16.2 Å². The van der Waals surface area contributed by atoms with E-state index in [9.17, 15) is 4.79 Å². The number of nitrogens with two attached hydrogens (primary N) is 1. The van der Waals surface area contributed by atoms with Crippen LogP contribution in [0.2, 0.25) is 0 Å². The molecule has 8 nitrogen and oxygen atoms in total. The summed E-state index contributed by atoms with van der Waals surface area (Å²) in [6.45, 7) is 2.46. The van der Waals surface area contributed by atoms with Gasteiger partial charge in [0.15, 0.2) is 5.65 Å². The fourth-order valence-corrected chi connectivity index (χ4v) is 3.55. The summed E-state index contributed by atoms with van der Waals surface area (Å²) < 4.78 is 1.63. The van der Waals surface area contributed by atoms with E-state index in [2.05, 4.69) is 15.4 Å². The molecule has 1 unspecified atom stereocenters. The van der Waals surface area contributed by atoms with Crippen molar-refractivity contribution in [1.82, 2.24) is 24.9 Å². The highest BCUT2D eigenvalue weighted by Gasteiger charge is 2.18. The van der Waals surface area contributed by atoms with E-state index in [0.717, 1.165) is 34.1 Å². The first-order chi connectivity index (χ1) is 14.1. The second-order valence-electron chi connectivity index (χ2n) is 6.90. The summed E-state index contributed by atoms with van der Waals surface area (Å²) in [6, 6.07) is 11.7. The minimum atomic E-state index is -0.884. The standard InChI is InChI=1S/C21H22N6O2/c1-2-13(10-23-12-20(28)29)18-9-19(22)27-21(26-18)16(11-25-27)14-7-8-24-17-6-4-3-5-15(14)17/h3-9,11,13,23H,2,10,12,22H2,1H3,(H,28,29). The van der Waals surface area contributed by atoms with Gasteiger partial charge in [0.05, 0.1) is 24.0 Å². The number of carboxylic acid groups (broad SMARTS) is 1. The van der Waals surface area contributed by atoms with Crippen LogP contribution in [0.5, 0.6) is 0 Å². The van der Waals surface area contributed by atoms with Crippen molar-refractivity contribution in [3.63, 3.8) is 0 Å². The first-order valence-corrected chi connectivity index (χ1v) is 9.49. The Balaban J connectivity index is 1.80. The molecule has 0 amide bonds. The molecule has 0 fully saturated rings. The van der Waals surface area contributed by atoms with Crippen LogP contribution >= 0.6 is 0 Å². The maximum absolute atomic E-state index is 10.8. The Labute approximate surface area is 167 Å². The molecule has 0 aliphatic rings. The highest BCUT2D eigenvalue weighted by atomic mass is 16.4. The Hall–Kier alpha value is -3.52. The predicted octanol–water partition coefficient (Wildman–Crippen LogP) is 2.69. The molecule has 0 bridgehead atoms. The van der Waals surface area contributed by atoms with E-state index in [0.29, 0.717) is 18.0 Å². The van der Waals surface area contributed by atoms with Crippen molar-refractivity contribution in [2.45, 2.75) is 19.3 Å². The van der Waals surface area contributed by atoms with Gasteiger partial charge in [0.2, 0.25) is 0 Å². The molecule has 3 heterocycles. The summed E-state index contributed by atoms with van der Waals surface area (Å²) in [5.41, 5.74) is 10.5. The summed E-state index contributed by atoms with van der Waals surface area (Å²) in [4.78, 5) is 20.1. The summed E-state index contributed by atoms with van der Waals surface area (Å²) in [7, 11) is 0. The molecule has 0 saturated carbocycles. The number of nitrogens with zero attached hydrogens (tertiary/aromatic N) is 4. The number of fused-ring (bicyclic) bond motifs is 2. The normalized spacial score (nSPS) is 12.4. The first-order valence-electron chi connectivity index (χ1n) is 9.49. The largest absolute Gasteiger partial charge is 0.480 e. The van der Waals surface area contributed by atoms with E-state index in [1.165, 1.54) is 0 Å². The number of benzene rings is 1. The van der Waals surface area contributed by atoms with E-state index in [1.54, 1.807) is 16.9 Å². The monoisotopic (exact) mass is 390 g/mol. The average Bonchev–Trinajstić information content (AvgIpc) is 3.15. The fourth-order valence-electron chi connectivity index (χ4n) is 3.55. The summed E-state index contributed by atoms with van der Waals surface area (Å²) >= 11 is 0. The molecule has 1 aromatic carbocycles. The molecular weight excluding hydrogens is 368 g/mol. The Morgan fingerprint density at radius 3 is 2.90 bits per heavy atom. The Morgan fingerprint density at radius 1 is 1.28 bits per heavy atom. The van der Waals surface area contributed by atoms with Crippen molar-refractivity contribution in [2.24, 2.45) is 0 Å². The molecule has 4 N–H and O–H groups in total. The molecule has 1 atom stereocenters. The number of hydrogen-bond donors (Lipinski definition) is 3. The smallest absolute Gasteiger partial charge is 0.317 e.